The topological polar surface area (TPSA) is 47.3 Å². The molecule has 3 nitrogen and oxygen atoms in total. The molecule has 0 bridgehead atoms. The highest BCUT2D eigenvalue weighted by Gasteiger charge is 2.29. The van der Waals surface area contributed by atoms with E-state index in [4.69, 9.17) is 10.4 Å². The van der Waals surface area contributed by atoms with Crippen molar-refractivity contribution in [2.75, 3.05) is 26.7 Å². The summed E-state index contributed by atoms with van der Waals surface area (Å²) in [4.78, 5) is 2.08. The van der Waals surface area contributed by atoms with Gasteiger partial charge in [-0.2, -0.15) is 5.26 Å². The van der Waals surface area contributed by atoms with Crippen LogP contribution in [0.5, 0.6) is 0 Å². The molecular formula is C7H12N2O. The van der Waals surface area contributed by atoms with Gasteiger partial charge in [0.25, 0.3) is 0 Å². The summed E-state index contributed by atoms with van der Waals surface area (Å²) in [6.07, 6.45) is 0. The van der Waals surface area contributed by atoms with Gasteiger partial charge in [-0.15, -0.1) is 0 Å². The number of rotatable bonds is 1. The Labute approximate surface area is 60.9 Å². The zero-order valence-corrected chi connectivity index (χ0v) is 6.12. The summed E-state index contributed by atoms with van der Waals surface area (Å²) in [5.41, 5.74) is 0. The third-order valence-corrected chi connectivity index (χ3v) is 2.02. The van der Waals surface area contributed by atoms with Crippen molar-refractivity contribution in [3.8, 4) is 6.07 Å². The maximum Gasteiger partial charge on any atom is 0.0673 e. The Morgan fingerprint density at radius 1 is 1.70 bits per heavy atom. The van der Waals surface area contributed by atoms with Gasteiger partial charge in [0.1, 0.15) is 0 Å². The molecule has 0 aromatic heterocycles. The van der Waals surface area contributed by atoms with Gasteiger partial charge < -0.3 is 10.0 Å². The number of aliphatic hydroxyl groups excluding tert-OH is 1. The van der Waals surface area contributed by atoms with E-state index >= 15 is 0 Å². The Morgan fingerprint density at radius 3 is 2.80 bits per heavy atom. The molecule has 1 fully saturated rings. The first-order valence-electron chi connectivity index (χ1n) is 3.47. The smallest absolute Gasteiger partial charge is 0.0673 e. The van der Waals surface area contributed by atoms with Crippen LogP contribution in [-0.2, 0) is 0 Å². The van der Waals surface area contributed by atoms with Gasteiger partial charge in [-0.1, -0.05) is 0 Å². The molecule has 1 saturated heterocycles. The highest BCUT2D eigenvalue weighted by atomic mass is 16.3. The zero-order chi connectivity index (χ0) is 7.56. The second-order valence-corrected chi connectivity index (χ2v) is 2.90. The van der Waals surface area contributed by atoms with Crippen molar-refractivity contribution in [1.29, 1.82) is 5.26 Å². The largest absolute Gasteiger partial charge is 0.396 e. The Hall–Kier alpha value is -0.590. The van der Waals surface area contributed by atoms with E-state index in [9.17, 15) is 0 Å². The predicted octanol–water partition coefficient (Wildman–Crippen LogP) is -0.320. The predicted molar refractivity (Wildman–Crippen MR) is 37.2 cm³/mol. The van der Waals surface area contributed by atoms with Gasteiger partial charge in [0, 0.05) is 25.6 Å². The lowest BCUT2D eigenvalue weighted by molar-refractivity contribution is 0.216. The van der Waals surface area contributed by atoms with E-state index in [0.717, 1.165) is 13.1 Å². The van der Waals surface area contributed by atoms with Crippen molar-refractivity contribution < 1.29 is 5.11 Å². The van der Waals surface area contributed by atoms with Crippen molar-refractivity contribution in [2.45, 2.75) is 0 Å². The number of hydrogen-bond acceptors (Lipinski definition) is 3. The van der Waals surface area contributed by atoms with E-state index in [-0.39, 0.29) is 18.4 Å². The number of aliphatic hydroxyl groups is 1. The average molecular weight is 140 g/mol. The lowest BCUT2D eigenvalue weighted by Crippen LogP contribution is -2.15. The average Bonchev–Trinajstić information content (AvgIpc) is 2.30. The lowest BCUT2D eigenvalue weighted by atomic mass is 9.99. The van der Waals surface area contributed by atoms with Gasteiger partial charge >= 0.3 is 0 Å². The molecular weight excluding hydrogens is 128 g/mol. The molecule has 1 rings (SSSR count). The zero-order valence-electron chi connectivity index (χ0n) is 6.12. The van der Waals surface area contributed by atoms with E-state index in [1.54, 1.807) is 0 Å². The summed E-state index contributed by atoms with van der Waals surface area (Å²) in [6.45, 7) is 1.80. The van der Waals surface area contributed by atoms with Crippen LogP contribution in [0.15, 0.2) is 0 Å². The van der Waals surface area contributed by atoms with Crippen LogP contribution in [0.4, 0.5) is 0 Å². The summed E-state index contributed by atoms with van der Waals surface area (Å²) in [6, 6.07) is 2.19. The van der Waals surface area contributed by atoms with Crippen molar-refractivity contribution in [1.82, 2.24) is 4.90 Å². The molecule has 1 aliphatic rings. The summed E-state index contributed by atoms with van der Waals surface area (Å²) in [7, 11) is 1.97. The maximum absolute atomic E-state index is 8.81. The van der Waals surface area contributed by atoms with Crippen LogP contribution in [0.3, 0.4) is 0 Å². The molecule has 0 aromatic rings. The quantitative estimate of drug-likeness (QED) is 0.543. The third-order valence-electron chi connectivity index (χ3n) is 2.02. The minimum absolute atomic E-state index is 0.0370. The summed E-state index contributed by atoms with van der Waals surface area (Å²) in [5.74, 6) is 0.213. The molecule has 0 spiro atoms. The molecule has 10 heavy (non-hydrogen) atoms. The maximum atomic E-state index is 8.81. The molecule has 3 heteroatoms. The monoisotopic (exact) mass is 140 g/mol. The van der Waals surface area contributed by atoms with E-state index < -0.39 is 0 Å². The second-order valence-electron chi connectivity index (χ2n) is 2.90. The van der Waals surface area contributed by atoms with Crippen LogP contribution in [0.2, 0.25) is 0 Å². The third kappa shape index (κ3) is 1.28. The number of likely N-dealkylation sites (tertiary alicyclic amines) is 1. The lowest BCUT2D eigenvalue weighted by Gasteiger charge is -2.06. The fraction of sp³-hybridized carbons (Fsp3) is 0.857. The van der Waals surface area contributed by atoms with Crippen molar-refractivity contribution in [2.24, 2.45) is 11.8 Å². The fourth-order valence-corrected chi connectivity index (χ4v) is 1.42. The van der Waals surface area contributed by atoms with E-state index in [2.05, 4.69) is 11.0 Å². The van der Waals surface area contributed by atoms with Gasteiger partial charge in [-0.3, -0.25) is 0 Å². The van der Waals surface area contributed by atoms with Gasteiger partial charge in [0.2, 0.25) is 0 Å². The Bertz CT molecular complexity index is 152. The van der Waals surface area contributed by atoms with Crippen LogP contribution in [0.1, 0.15) is 0 Å². The first kappa shape index (κ1) is 7.52. The van der Waals surface area contributed by atoms with Crippen LogP contribution in [-0.4, -0.2) is 36.8 Å². The first-order valence-corrected chi connectivity index (χ1v) is 3.47. The minimum atomic E-state index is 0.0370. The number of hydrogen-bond donors (Lipinski definition) is 1. The summed E-state index contributed by atoms with van der Waals surface area (Å²) < 4.78 is 0. The summed E-state index contributed by atoms with van der Waals surface area (Å²) >= 11 is 0. The standard InChI is InChI=1S/C7H12N2O/c1-9-3-6(2-8)7(4-9)5-10/h6-7,10H,3-5H2,1H3. The van der Waals surface area contributed by atoms with E-state index in [0.29, 0.717) is 0 Å². The minimum Gasteiger partial charge on any atom is -0.396 e. The molecule has 2 atom stereocenters. The molecule has 1 N–H and O–H groups in total. The fourth-order valence-electron chi connectivity index (χ4n) is 1.42. The molecule has 2 unspecified atom stereocenters. The van der Waals surface area contributed by atoms with E-state index in [1.807, 2.05) is 7.05 Å². The van der Waals surface area contributed by atoms with Gasteiger partial charge in [-0.05, 0) is 7.05 Å². The molecule has 0 aromatic carbocycles. The van der Waals surface area contributed by atoms with E-state index in [1.165, 1.54) is 0 Å². The molecule has 1 aliphatic heterocycles. The van der Waals surface area contributed by atoms with Crippen LogP contribution in [0.25, 0.3) is 0 Å². The molecule has 0 amide bonds. The number of nitrogens with zero attached hydrogens (tertiary/aromatic N) is 2. The second kappa shape index (κ2) is 3.00. The highest BCUT2D eigenvalue weighted by Crippen LogP contribution is 2.20. The normalized spacial score (nSPS) is 34.1. The highest BCUT2D eigenvalue weighted by molar-refractivity contribution is 4.95. The van der Waals surface area contributed by atoms with Gasteiger partial charge in [0.15, 0.2) is 0 Å². The van der Waals surface area contributed by atoms with Gasteiger partial charge in [0.05, 0.1) is 12.0 Å². The molecule has 1 heterocycles. The van der Waals surface area contributed by atoms with Crippen LogP contribution in [0, 0.1) is 23.2 Å². The first-order chi connectivity index (χ1) is 4.77. The van der Waals surface area contributed by atoms with Crippen molar-refractivity contribution in [3.05, 3.63) is 0 Å². The SMILES string of the molecule is CN1CC(C#N)C(CO)C1. The van der Waals surface area contributed by atoms with Crippen LogP contribution >= 0.6 is 0 Å². The Morgan fingerprint density at radius 2 is 2.40 bits per heavy atom. The molecule has 56 valence electrons. The summed E-state index contributed by atoms with van der Waals surface area (Å²) in [5, 5.41) is 17.4. The van der Waals surface area contributed by atoms with Crippen molar-refractivity contribution in [3.63, 3.8) is 0 Å². The number of nitriles is 1. The van der Waals surface area contributed by atoms with Crippen LogP contribution < -0.4 is 0 Å². The van der Waals surface area contributed by atoms with Crippen molar-refractivity contribution >= 4 is 0 Å². The Balaban J connectivity index is 2.51. The molecule has 0 aliphatic carbocycles. The Kier molecular flexibility index (Phi) is 2.25. The molecule has 0 saturated carbocycles. The molecule has 0 radical (unpaired) electrons. The van der Waals surface area contributed by atoms with Gasteiger partial charge in [-0.25, -0.2) is 0 Å².